The summed E-state index contributed by atoms with van der Waals surface area (Å²) in [6, 6.07) is 1.74. The first-order valence-electron chi connectivity index (χ1n) is 12.9. The number of hydrogen-bond acceptors (Lipinski definition) is 10. The normalized spacial score (nSPS) is 55.6. The molecule has 2 spiro atoms. The average molecular weight is 517 g/mol. The third-order valence-corrected chi connectivity index (χ3v) is 11.9. The molecule has 37 heavy (non-hydrogen) atoms. The van der Waals surface area contributed by atoms with Crippen LogP contribution in [0.1, 0.15) is 58.1 Å². The molecule has 200 valence electrons. The number of aliphatic hydroxyl groups excluding tert-OH is 2. The molecule has 2 saturated heterocycles. The van der Waals surface area contributed by atoms with Crippen molar-refractivity contribution in [1.82, 2.24) is 0 Å². The van der Waals surface area contributed by atoms with Crippen LogP contribution < -0.4 is 0 Å². The first-order valence-corrected chi connectivity index (χ1v) is 12.9. The topological polar surface area (TPSA) is 156 Å². The van der Waals surface area contributed by atoms with Crippen molar-refractivity contribution in [3.8, 4) is 0 Å². The minimum atomic E-state index is -1.66. The lowest BCUT2D eigenvalue weighted by atomic mass is 9.48. The fourth-order valence-electron chi connectivity index (χ4n) is 10.6. The Morgan fingerprint density at radius 2 is 1.97 bits per heavy atom. The molecule has 0 unspecified atom stereocenters. The van der Waals surface area contributed by atoms with Crippen LogP contribution in [0.25, 0.3) is 0 Å². The van der Waals surface area contributed by atoms with Gasteiger partial charge in [0.05, 0.1) is 37.6 Å². The smallest absolute Gasteiger partial charge is 0.335 e. The molecule has 3 heterocycles. The summed E-state index contributed by atoms with van der Waals surface area (Å²) in [5.41, 5.74) is -6.52. The minimum Gasteiger partial charge on any atom is -0.472 e. The number of rotatable bonds is 3. The van der Waals surface area contributed by atoms with Crippen LogP contribution in [0.3, 0.4) is 0 Å². The highest BCUT2D eigenvalue weighted by molar-refractivity contribution is 5.93. The largest absolute Gasteiger partial charge is 0.472 e. The van der Waals surface area contributed by atoms with Crippen molar-refractivity contribution in [3.63, 3.8) is 0 Å². The van der Waals surface area contributed by atoms with Crippen LogP contribution in [0, 0.1) is 34.0 Å². The average Bonchev–Trinajstić information content (AvgIpc) is 3.11. The third kappa shape index (κ3) is 2.11. The van der Waals surface area contributed by atoms with Gasteiger partial charge in [-0.3, -0.25) is 9.59 Å². The number of carbonyl (C=O) groups excluding carboxylic acids is 3. The van der Waals surface area contributed by atoms with Crippen LogP contribution in [0.5, 0.6) is 0 Å². The van der Waals surface area contributed by atoms with Crippen molar-refractivity contribution in [1.29, 1.82) is 0 Å². The summed E-state index contributed by atoms with van der Waals surface area (Å²) in [7, 11) is 1.17. The molecule has 10 heteroatoms. The summed E-state index contributed by atoms with van der Waals surface area (Å²) < 4.78 is 22.7. The Morgan fingerprint density at radius 1 is 1.24 bits per heavy atom. The second kappa shape index (κ2) is 6.47. The molecule has 6 fully saturated rings. The van der Waals surface area contributed by atoms with E-state index in [-0.39, 0.29) is 12.8 Å². The van der Waals surface area contributed by atoms with E-state index < -0.39 is 86.8 Å². The number of Topliss-reactive ketones (excluding diaryl/α,β-unsaturated/α-hetero) is 1. The molecule has 6 aliphatic rings. The number of carbonyl (C=O) groups is 3. The Morgan fingerprint density at radius 3 is 2.62 bits per heavy atom. The lowest BCUT2D eigenvalue weighted by Crippen LogP contribution is -2.64. The molecule has 0 aromatic carbocycles. The van der Waals surface area contributed by atoms with Gasteiger partial charge in [0.2, 0.25) is 0 Å². The number of epoxide rings is 1. The van der Waals surface area contributed by atoms with Crippen LogP contribution >= 0.6 is 0 Å². The van der Waals surface area contributed by atoms with Crippen LogP contribution in [0.4, 0.5) is 0 Å². The van der Waals surface area contributed by atoms with Crippen molar-refractivity contribution >= 4 is 17.7 Å². The summed E-state index contributed by atoms with van der Waals surface area (Å²) in [5.74, 6) is -4.48. The summed E-state index contributed by atoms with van der Waals surface area (Å²) >= 11 is 0. The Bertz CT molecular complexity index is 1240. The molecule has 4 aliphatic carbocycles. The highest BCUT2D eigenvalue weighted by Crippen LogP contribution is 2.88. The van der Waals surface area contributed by atoms with Gasteiger partial charge in [-0.25, -0.2) is 4.79 Å². The van der Waals surface area contributed by atoms with E-state index in [9.17, 15) is 29.7 Å². The van der Waals surface area contributed by atoms with E-state index in [1.807, 2.05) is 6.92 Å². The fraction of sp³-hybridized carbons (Fsp3) is 0.741. The van der Waals surface area contributed by atoms with Gasteiger partial charge in [-0.05, 0) is 25.3 Å². The van der Waals surface area contributed by atoms with Crippen molar-refractivity contribution in [2.24, 2.45) is 34.0 Å². The van der Waals surface area contributed by atoms with Gasteiger partial charge in [-0.2, -0.15) is 0 Å². The van der Waals surface area contributed by atoms with Crippen molar-refractivity contribution in [3.05, 3.63) is 24.2 Å². The number of ether oxygens (including phenoxy) is 3. The first-order chi connectivity index (χ1) is 17.3. The Hall–Kier alpha value is -2.27. The number of cyclic esters (lactones) is 1. The predicted octanol–water partition coefficient (Wildman–Crippen LogP) is 1.06. The van der Waals surface area contributed by atoms with Gasteiger partial charge in [0.25, 0.3) is 0 Å². The van der Waals surface area contributed by atoms with Gasteiger partial charge < -0.3 is 33.9 Å². The zero-order valence-electron chi connectivity index (χ0n) is 21.2. The number of aliphatic hydroxyl groups is 3. The highest BCUT2D eigenvalue weighted by atomic mass is 16.7. The van der Waals surface area contributed by atoms with Crippen LogP contribution in [-0.4, -0.2) is 69.2 Å². The lowest BCUT2D eigenvalue weighted by Gasteiger charge is -2.54. The SMILES string of the molecule is COC(=O)[C@@H](O)[C@H]1[C@]2(C)C[C@]3(O)[C@H](C(=O)[C@H]2O)[C@]24O[C@]25CC(=O)O[C@@H](c2ccoc2)[C@]5(C)CC[C@@H]4[C@]13C. The zero-order chi connectivity index (χ0) is 26.6. The first kappa shape index (κ1) is 23.8. The Balaban J connectivity index is 1.45. The molecule has 2 aliphatic heterocycles. The number of esters is 2. The second-order valence-electron chi connectivity index (χ2n) is 12.9. The zero-order valence-corrected chi connectivity index (χ0v) is 21.2. The Kier molecular flexibility index (Phi) is 4.17. The van der Waals surface area contributed by atoms with E-state index in [1.54, 1.807) is 19.9 Å². The monoisotopic (exact) mass is 516 g/mol. The number of methoxy groups -OCH3 is 1. The van der Waals surface area contributed by atoms with Crippen molar-refractivity contribution in [2.75, 3.05) is 7.11 Å². The van der Waals surface area contributed by atoms with Crippen LogP contribution in [0.2, 0.25) is 0 Å². The fourth-order valence-corrected chi connectivity index (χ4v) is 10.6. The van der Waals surface area contributed by atoms with Gasteiger partial charge >= 0.3 is 11.9 Å². The molecular weight excluding hydrogens is 484 g/mol. The molecule has 12 atom stereocenters. The summed E-state index contributed by atoms with van der Waals surface area (Å²) in [4.78, 5) is 39.8. The van der Waals surface area contributed by atoms with Crippen LogP contribution in [0.15, 0.2) is 23.0 Å². The van der Waals surface area contributed by atoms with E-state index in [1.165, 1.54) is 19.6 Å². The lowest BCUT2D eigenvalue weighted by molar-refractivity contribution is -0.185. The number of ketones is 1. The van der Waals surface area contributed by atoms with Crippen molar-refractivity contribution < 1.29 is 48.3 Å². The van der Waals surface area contributed by atoms with Gasteiger partial charge in [0.15, 0.2) is 11.9 Å². The Labute approximate surface area is 213 Å². The number of fused-ring (bicyclic) bond motifs is 2. The molecule has 1 aromatic heterocycles. The third-order valence-electron chi connectivity index (χ3n) is 11.9. The molecule has 4 saturated carbocycles. The highest BCUT2D eigenvalue weighted by Gasteiger charge is 2.99. The van der Waals surface area contributed by atoms with Gasteiger partial charge in [0, 0.05) is 33.6 Å². The standard InChI is InChI=1S/C27H32O10/c1-22-11-25(33)18(15(29)19(22)31)27-13(24(25,3)17(22)16(30)21(32)34-4)5-7-23(2)20(12-6-8-35-10-12)36-14(28)9-26(23,27)37-27/h6,8,10,13,16-20,30-31,33H,5,7,9,11H2,1-4H3/t13-,16+,17+,18+,19-,20+,22+,23+,24-,25+,26+,27+/m1/s1. The summed E-state index contributed by atoms with van der Waals surface area (Å²) in [5, 5.41) is 35.2. The summed E-state index contributed by atoms with van der Waals surface area (Å²) in [6.07, 6.45) is 0.133. The van der Waals surface area contributed by atoms with E-state index in [2.05, 4.69) is 0 Å². The molecular formula is C27H32O10. The molecule has 7 rings (SSSR count). The van der Waals surface area contributed by atoms with Gasteiger partial charge in [-0.1, -0.05) is 20.8 Å². The maximum atomic E-state index is 14.0. The minimum absolute atomic E-state index is 0.0107. The van der Waals surface area contributed by atoms with Gasteiger partial charge in [0.1, 0.15) is 23.4 Å². The molecule has 0 radical (unpaired) electrons. The predicted molar refractivity (Wildman–Crippen MR) is 121 cm³/mol. The van der Waals surface area contributed by atoms with E-state index in [0.717, 1.165) is 0 Å². The number of furan rings is 1. The van der Waals surface area contributed by atoms with E-state index >= 15 is 0 Å². The molecule has 10 nitrogen and oxygen atoms in total. The maximum absolute atomic E-state index is 14.0. The molecule has 1 aromatic rings. The summed E-state index contributed by atoms with van der Waals surface area (Å²) in [6.45, 7) is 5.44. The number of hydrogen-bond donors (Lipinski definition) is 3. The molecule has 0 amide bonds. The quantitative estimate of drug-likeness (QED) is 0.392. The van der Waals surface area contributed by atoms with E-state index in [0.29, 0.717) is 18.4 Å². The van der Waals surface area contributed by atoms with Crippen molar-refractivity contribution in [2.45, 2.75) is 81.6 Å². The second-order valence-corrected chi connectivity index (χ2v) is 12.9. The van der Waals surface area contributed by atoms with Crippen LogP contribution in [-0.2, 0) is 28.6 Å². The molecule has 3 N–H and O–H groups in total. The molecule has 2 bridgehead atoms. The van der Waals surface area contributed by atoms with Gasteiger partial charge in [-0.15, -0.1) is 0 Å². The van der Waals surface area contributed by atoms with E-state index in [4.69, 9.17) is 18.6 Å². The maximum Gasteiger partial charge on any atom is 0.335 e.